The Morgan fingerprint density at radius 1 is 1.00 bits per heavy atom. The van der Waals surface area contributed by atoms with Crippen LogP contribution < -0.4 is 5.73 Å². The van der Waals surface area contributed by atoms with Crippen molar-refractivity contribution in [2.45, 2.75) is 45.8 Å². The standard InChI is InChI=1S/C13H13NO2.C6H10O.C2H6/c14-8-10-3-1-2-4-11(10)9-5-6-12(15)13(16)7-9;7-6-2-1-4-3-5(4)6;1-2/h1-7,15-16H,8,14H2;4-7H,1-3H2;1-2H3. The number of aliphatic hydroxyl groups is 1. The van der Waals surface area contributed by atoms with Gasteiger partial charge in [0.05, 0.1) is 6.10 Å². The fraction of sp³-hybridized carbons (Fsp3) is 0.429. The molecule has 2 aliphatic rings. The van der Waals surface area contributed by atoms with Crippen molar-refractivity contribution in [3.8, 4) is 22.6 Å². The zero-order valence-corrected chi connectivity index (χ0v) is 15.0. The third-order valence-corrected chi connectivity index (χ3v) is 4.83. The number of hydrogen-bond donors (Lipinski definition) is 4. The molecule has 0 spiro atoms. The smallest absolute Gasteiger partial charge is 0.158 e. The van der Waals surface area contributed by atoms with Crippen LogP contribution in [0.25, 0.3) is 11.1 Å². The second kappa shape index (κ2) is 8.88. The number of aromatic hydroxyl groups is 2. The van der Waals surface area contributed by atoms with Gasteiger partial charge in [0, 0.05) is 6.54 Å². The largest absolute Gasteiger partial charge is 0.504 e. The van der Waals surface area contributed by atoms with E-state index < -0.39 is 0 Å². The summed E-state index contributed by atoms with van der Waals surface area (Å²) >= 11 is 0. The maximum atomic E-state index is 9.44. The molecule has 0 amide bonds. The molecule has 0 aliphatic heterocycles. The second-order valence-electron chi connectivity index (χ2n) is 6.37. The number of phenolic OH excluding ortho intramolecular Hbond substituents is 2. The van der Waals surface area contributed by atoms with Crippen molar-refractivity contribution in [2.24, 2.45) is 17.6 Å². The molecule has 3 atom stereocenters. The van der Waals surface area contributed by atoms with Gasteiger partial charge >= 0.3 is 0 Å². The zero-order valence-electron chi connectivity index (χ0n) is 15.0. The van der Waals surface area contributed by atoms with Crippen molar-refractivity contribution >= 4 is 0 Å². The van der Waals surface area contributed by atoms with Crippen molar-refractivity contribution in [1.82, 2.24) is 0 Å². The van der Waals surface area contributed by atoms with Crippen molar-refractivity contribution in [3.63, 3.8) is 0 Å². The Morgan fingerprint density at radius 2 is 1.72 bits per heavy atom. The minimum Gasteiger partial charge on any atom is -0.504 e. The first kappa shape index (κ1) is 19.3. The molecule has 0 saturated heterocycles. The summed E-state index contributed by atoms with van der Waals surface area (Å²) < 4.78 is 0. The molecule has 2 fully saturated rings. The van der Waals surface area contributed by atoms with Crippen LogP contribution in [0.2, 0.25) is 0 Å². The number of hydrogen-bond acceptors (Lipinski definition) is 4. The number of aliphatic hydroxyl groups excluding tert-OH is 1. The summed E-state index contributed by atoms with van der Waals surface area (Å²) in [6.45, 7) is 4.44. The molecular weight excluding hydrogens is 314 g/mol. The normalized spacial score (nSPS) is 22.8. The molecule has 0 heterocycles. The molecule has 5 N–H and O–H groups in total. The summed E-state index contributed by atoms with van der Waals surface area (Å²) in [4.78, 5) is 0. The van der Waals surface area contributed by atoms with E-state index in [1.165, 1.54) is 25.0 Å². The van der Waals surface area contributed by atoms with Crippen LogP contribution in [0.1, 0.15) is 38.7 Å². The number of rotatable bonds is 2. The van der Waals surface area contributed by atoms with Gasteiger partial charge in [0.15, 0.2) is 11.5 Å². The first-order valence-electron chi connectivity index (χ1n) is 9.08. The van der Waals surface area contributed by atoms with E-state index in [2.05, 4.69) is 0 Å². The summed E-state index contributed by atoms with van der Waals surface area (Å²) in [6, 6.07) is 12.5. The van der Waals surface area contributed by atoms with E-state index in [1.54, 1.807) is 6.07 Å². The van der Waals surface area contributed by atoms with Crippen LogP contribution in [-0.2, 0) is 6.54 Å². The second-order valence-corrected chi connectivity index (χ2v) is 6.37. The summed E-state index contributed by atoms with van der Waals surface area (Å²) in [7, 11) is 0. The van der Waals surface area contributed by atoms with Gasteiger partial charge < -0.3 is 21.1 Å². The topological polar surface area (TPSA) is 86.7 Å². The van der Waals surface area contributed by atoms with Crippen molar-refractivity contribution < 1.29 is 15.3 Å². The molecule has 0 radical (unpaired) electrons. The molecule has 3 unspecified atom stereocenters. The number of nitrogens with two attached hydrogens (primary N) is 1. The number of fused-ring (bicyclic) bond motifs is 1. The lowest BCUT2D eigenvalue weighted by Gasteiger charge is -2.08. The first-order chi connectivity index (χ1) is 12.1. The van der Waals surface area contributed by atoms with Crippen LogP contribution in [0.3, 0.4) is 0 Å². The summed E-state index contributed by atoms with van der Waals surface area (Å²) in [6.07, 6.45) is 3.78. The van der Waals surface area contributed by atoms with E-state index in [1.807, 2.05) is 38.1 Å². The number of benzene rings is 2. The molecule has 2 aliphatic carbocycles. The third-order valence-electron chi connectivity index (χ3n) is 4.83. The van der Waals surface area contributed by atoms with E-state index in [-0.39, 0.29) is 17.6 Å². The van der Waals surface area contributed by atoms with Crippen molar-refractivity contribution in [2.75, 3.05) is 0 Å². The zero-order chi connectivity index (χ0) is 18.4. The van der Waals surface area contributed by atoms with Crippen LogP contribution in [-0.4, -0.2) is 21.4 Å². The molecule has 2 aromatic rings. The highest BCUT2D eigenvalue weighted by molar-refractivity contribution is 5.70. The highest BCUT2D eigenvalue weighted by atomic mass is 16.3. The molecule has 4 rings (SSSR count). The average molecular weight is 343 g/mol. The fourth-order valence-electron chi connectivity index (χ4n) is 3.34. The van der Waals surface area contributed by atoms with Gasteiger partial charge in [0.25, 0.3) is 0 Å². The van der Waals surface area contributed by atoms with Gasteiger partial charge in [-0.15, -0.1) is 0 Å². The molecule has 136 valence electrons. The Morgan fingerprint density at radius 3 is 2.20 bits per heavy atom. The highest BCUT2D eigenvalue weighted by Crippen LogP contribution is 2.51. The minimum atomic E-state index is -0.121. The maximum Gasteiger partial charge on any atom is 0.158 e. The predicted molar refractivity (Wildman–Crippen MR) is 101 cm³/mol. The van der Waals surface area contributed by atoms with E-state index in [0.717, 1.165) is 34.9 Å². The third kappa shape index (κ3) is 4.74. The molecule has 0 bridgehead atoms. The van der Waals surface area contributed by atoms with Gasteiger partial charge in [-0.2, -0.15) is 0 Å². The van der Waals surface area contributed by atoms with Crippen LogP contribution in [0.15, 0.2) is 42.5 Å². The van der Waals surface area contributed by atoms with Gasteiger partial charge in [0.2, 0.25) is 0 Å². The lowest BCUT2D eigenvalue weighted by molar-refractivity contribution is 0.159. The molecule has 2 saturated carbocycles. The Balaban J connectivity index is 0.000000206. The van der Waals surface area contributed by atoms with Gasteiger partial charge in [-0.25, -0.2) is 0 Å². The van der Waals surface area contributed by atoms with Gasteiger partial charge in [-0.1, -0.05) is 44.2 Å². The molecule has 0 aromatic heterocycles. The SMILES string of the molecule is CC.NCc1ccccc1-c1ccc(O)c(O)c1.OC1CCC2CC12. The Hall–Kier alpha value is -2.04. The van der Waals surface area contributed by atoms with E-state index in [0.29, 0.717) is 6.54 Å². The lowest BCUT2D eigenvalue weighted by Crippen LogP contribution is -2.02. The quantitative estimate of drug-likeness (QED) is 0.620. The molecular formula is C21H29NO3. The number of phenols is 2. The van der Waals surface area contributed by atoms with Crippen LogP contribution in [0.5, 0.6) is 11.5 Å². The molecule has 4 heteroatoms. The Labute approximate surface area is 149 Å². The van der Waals surface area contributed by atoms with Crippen molar-refractivity contribution in [1.29, 1.82) is 0 Å². The fourth-order valence-corrected chi connectivity index (χ4v) is 3.34. The van der Waals surface area contributed by atoms with Crippen LogP contribution >= 0.6 is 0 Å². The van der Waals surface area contributed by atoms with Gasteiger partial charge in [0.1, 0.15) is 0 Å². The Bertz CT molecular complexity index is 687. The summed E-state index contributed by atoms with van der Waals surface area (Å²) in [5.74, 6) is 1.44. The first-order valence-corrected chi connectivity index (χ1v) is 9.08. The Kier molecular flexibility index (Phi) is 6.85. The average Bonchev–Trinajstić information content (AvgIpc) is 3.36. The van der Waals surface area contributed by atoms with E-state index in [9.17, 15) is 10.2 Å². The maximum absolute atomic E-state index is 9.44. The van der Waals surface area contributed by atoms with E-state index >= 15 is 0 Å². The molecule has 4 nitrogen and oxygen atoms in total. The highest BCUT2D eigenvalue weighted by Gasteiger charge is 2.47. The van der Waals surface area contributed by atoms with Crippen molar-refractivity contribution in [3.05, 3.63) is 48.0 Å². The molecule has 2 aromatic carbocycles. The minimum absolute atomic E-state index is 0.0880. The summed E-state index contributed by atoms with van der Waals surface area (Å²) in [5, 5.41) is 27.7. The summed E-state index contributed by atoms with van der Waals surface area (Å²) in [5.41, 5.74) is 8.47. The predicted octanol–water partition coefficient (Wildman–Crippen LogP) is 4.03. The van der Waals surface area contributed by atoms with E-state index in [4.69, 9.17) is 10.8 Å². The lowest BCUT2D eigenvalue weighted by atomic mass is 9.99. The van der Waals surface area contributed by atoms with Crippen LogP contribution in [0, 0.1) is 11.8 Å². The van der Waals surface area contributed by atoms with Crippen LogP contribution in [0.4, 0.5) is 0 Å². The van der Waals surface area contributed by atoms with Gasteiger partial charge in [-0.05, 0) is 59.9 Å². The van der Waals surface area contributed by atoms with Gasteiger partial charge in [-0.3, -0.25) is 0 Å². The molecule has 25 heavy (non-hydrogen) atoms. The monoisotopic (exact) mass is 343 g/mol.